The molecule has 1 aromatic heterocycles. The third kappa shape index (κ3) is 5.31. The number of nitrogens with zero attached hydrogens (tertiary/aromatic N) is 1. The van der Waals surface area contributed by atoms with Crippen LogP contribution in [-0.4, -0.2) is 4.98 Å². The summed E-state index contributed by atoms with van der Waals surface area (Å²) in [6.45, 7) is 6.27. The van der Waals surface area contributed by atoms with Crippen LogP contribution in [0.25, 0.3) is 88.1 Å². The van der Waals surface area contributed by atoms with Crippen LogP contribution >= 0.6 is 0 Å². The van der Waals surface area contributed by atoms with Crippen LogP contribution < -0.4 is 10.4 Å². The molecule has 0 aliphatic carbocycles. The predicted octanol–water partition coefficient (Wildman–Crippen LogP) is 11.9. The zero-order valence-corrected chi connectivity index (χ0v) is 28.5. The van der Waals surface area contributed by atoms with Crippen LogP contribution in [0.5, 0.6) is 0 Å². The molecule has 0 saturated carbocycles. The van der Waals surface area contributed by atoms with E-state index in [0.717, 1.165) is 27.6 Å². The molecule has 0 bridgehead atoms. The fourth-order valence-corrected chi connectivity index (χ4v) is 7.74. The van der Waals surface area contributed by atoms with Crippen molar-refractivity contribution in [3.8, 4) is 33.4 Å². The molecule has 8 aromatic carbocycles. The van der Waals surface area contributed by atoms with E-state index in [-0.39, 0.29) is 0 Å². The molecule has 0 fully saturated rings. The molecule has 1 heteroatoms. The van der Waals surface area contributed by atoms with E-state index in [1.807, 2.05) is 18.5 Å². The molecule has 0 unspecified atom stereocenters. The monoisotopic (exact) mass is 649 g/mol. The average Bonchev–Trinajstić information content (AvgIpc) is 3.20. The van der Waals surface area contributed by atoms with Crippen molar-refractivity contribution in [1.29, 1.82) is 0 Å². The quantitative estimate of drug-likeness (QED) is 0.134. The van der Waals surface area contributed by atoms with Crippen LogP contribution in [0.3, 0.4) is 0 Å². The number of rotatable bonds is 5. The van der Waals surface area contributed by atoms with Crippen molar-refractivity contribution in [2.24, 2.45) is 0 Å². The molecule has 1 heterocycles. The fourth-order valence-electron chi connectivity index (χ4n) is 7.74. The Labute approximate surface area is 297 Å². The van der Waals surface area contributed by atoms with Gasteiger partial charge in [0, 0.05) is 23.3 Å². The molecule has 51 heavy (non-hydrogen) atoms. The van der Waals surface area contributed by atoms with Crippen LogP contribution in [0, 0.1) is 0 Å². The minimum atomic E-state index is 1.14. The SMILES string of the molecule is C=C/C(c1ccc(-c2cccc3c2cc(-c2ccc(-c4cncc5ccccc45)cc2)c2cc4ccccc4cc23)cc1)=c1/cccc/c1=C/C. The van der Waals surface area contributed by atoms with Gasteiger partial charge in [0.15, 0.2) is 0 Å². The average molecular weight is 650 g/mol. The highest BCUT2D eigenvalue weighted by Crippen LogP contribution is 2.41. The Hall–Kier alpha value is -6.57. The Morgan fingerprint density at radius 2 is 1.06 bits per heavy atom. The highest BCUT2D eigenvalue weighted by Gasteiger charge is 2.15. The fraction of sp³-hybridized carbons (Fsp3) is 0.0200. The van der Waals surface area contributed by atoms with Crippen molar-refractivity contribution >= 4 is 54.7 Å². The van der Waals surface area contributed by atoms with E-state index in [0.29, 0.717) is 0 Å². The van der Waals surface area contributed by atoms with Gasteiger partial charge in [0.2, 0.25) is 0 Å². The third-order valence-corrected chi connectivity index (χ3v) is 10.3. The minimum Gasteiger partial charge on any atom is -0.263 e. The highest BCUT2D eigenvalue weighted by atomic mass is 14.6. The molecule has 9 aromatic rings. The zero-order chi connectivity index (χ0) is 34.3. The van der Waals surface area contributed by atoms with Gasteiger partial charge in [-0.05, 0) is 112 Å². The highest BCUT2D eigenvalue weighted by molar-refractivity contribution is 6.20. The minimum absolute atomic E-state index is 1.14. The van der Waals surface area contributed by atoms with Crippen molar-refractivity contribution in [3.63, 3.8) is 0 Å². The van der Waals surface area contributed by atoms with Gasteiger partial charge in [-0.15, -0.1) is 0 Å². The Kier molecular flexibility index (Phi) is 7.60. The summed E-state index contributed by atoms with van der Waals surface area (Å²) < 4.78 is 0. The van der Waals surface area contributed by atoms with E-state index >= 15 is 0 Å². The molecule has 240 valence electrons. The van der Waals surface area contributed by atoms with Crippen molar-refractivity contribution in [2.45, 2.75) is 6.92 Å². The molecular weight excluding hydrogens is 615 g/mol. The van der Waals surface area contributed by atoms with E-state index in [1.54, 1.807) is 0 Å². The van der Waals surface area contributed by atoms with Crippen molar-refractivity contribution in [2.75, 3.05) is 0 Å². The van der Waals surface area contributed by atoms with Crippen LogP contribution in [0.15, 0.2) is 183 Å². The van der Waals surface area contributed by atoms with Crippen molar-refractivity contribution in [3.05, 3.63) is 199 Å². The lowest BCUT2D eigenvalue weighted by atomic mass is 9.87. The van der Waals surface area contributed by atoms with Gasteiger partial charge in [-0.25, -0.2) is 0 Å². The van der Waals surface area contributed by atoms with Gasteiger partial charge in [-0.3, -0.25) is 4.98 Å². The molecule has 0 aliphatic rings. The van der Waals surface area contributed by atoms with Gasteiger partial charge < -0.3 is 0 Å². The molecule has 0 atom stereocenters. The molecule has 0 spiro atoms. The maximum Gasteiger partial charge on any atom is 0.0352 e. The molecule has 9 rings (SSSR count). The van der Waals surface area contributed by atoms with Gasteiger partial charge in [-0.1, -0.05) is 158 Å². The van der Waals surface area contributed by atoms with Crippen molar-refractivity contribution < 1.29 is 0 Å². The first-order valence-electron chi connectivity index (χ1n) is 17.5. The molecule has 0 radical (unpaired) electrons. The Balaban J connectivity index is 1.23. The second-order valence-electron chi connectivity index (χ2n) is 13.1. The van der Waals surface area contributed by atoms with E-state index in [2.05, 4.69) is 182 Å². The first-order chi connectivity index (χ1) is 25.2. The Morgan fingerprint density at radius 3 is 1.80 bits per heavy atom. The second-order valence-corrected chi connectivity index (χ2v) is 13.1. The summed E-state index contributed by atoms with van der Waals surface area (Å²) in [5.41, 5.74) is 9.42. The van der Waals surface area contributed by atoms with Crippen LogP contribution in [0.2, 0.25) is 0 Å². The lowest BCUT2D eigenvalue weighted by Crippen LogP contribution is -2.26. The largest absolute Gasteiger partial charge is 0.263 e. The predicted molar refractivity (Wildman–Crippen MR) is 219 cm³/mol. The molecule has 0 N–H and O–H groups in total. The van der Waals surface area contributed by atoms with Gasteiger partial charge >= 0.3 is 0 Å². The lowest BCUT2D eigenvalue weighted by molar-refractivity contribution is 1.36. The summed E-state index contributed by atoms with van der Waals surface area (Å²) in [5.74, 6) is 0. The molecule has 0 amide bonds. The smallest absolute Gasteiger partial charge is 0.0352 e. The Bertz CT molecular complexity index is 2910. The van der Waals surface area contributed by atoms with Crippen molar-refractivity contribution in [1.82, 2.24) is 4.98 Å². The first kappa shape index (κ1) is 30.5. The van der Waals surface area contributed by atoms with E-state index < -0.39 is 0 Å². The Morgan fingerprint density at radius 1 is 0.471 bits per heavy atom. The molecule has 0 aliphatic heterocycles. The number of hydrogen-bond acceptors (Lipinski definition) is 1. The van der Waals surface area contributed by atoms with Crippen LogP contribution in [0.4, 0.5) is 0 Å². The number of aromatic nitrogens is 1. The van der Waals surface area contributed by atoms with Crippen LogP contribution in [0.1, 0.15) is 12.5 Å². The lowest BCUT2D eigenvalue weighted by Gasteiger charge is -2.16. The normalized spacial score (nSPS) is 12.5. The summed E-state index contributed by atoms with van der Waals surface area (Å²) in [7, 11) is 0. The maximum atomic E-state index is 4.55. The summed E-state index contributed by atoms with van der Waals surface area (Å²) in [5, 5.41) is 12.3. The summed E-state index contributed by atoms with van der Waals surface area (Å²) in [6, 6.07) is 57.5. The summed E-state index contributed by atoms with van der Waals surface area (Å²) in [4.78, 5) is 4.55. The summed E-state index contributed by atoms with van der Waals surface area (Å²) >= 11 is 0. The van der Waals surface area contributed by atoms with Gasteiger partial charge in [0.1, 0.15) is 0 Å². The number of pyridine rings is 1. The first-order valence-corrected chi connectivity index (χ1v) is 17.5. The van der Waals surface area contributed by atoms with Gasteiger partial charge in [0.25, 0.3) is 0 Å². The molecule has 0 saturated heterocycles. The number of allylic oxidation sites excluding steroid dienone is 1. The number of fused-ring (bicyclic) bond motifs is 5. The van der Waals surface area contributed by atoms with E-state index in [9.17, 15) is 0 Å². The van der Waals surface area contributed by atoms with E-state index in [1.165, 1.54) is 70.4 Å². The topological polar surface area (TPSA) is 12.9 Å². The third-order valence-electron chi connectivity index (χ3n) is 10.3. The number of hydrogen-bond donors (Lipinski definition) is 0. The molecule has 1 nitrogen and oxygen atoms in total. The number of benzene rings is 8. The van der Waals surface area contributed by atoms with Gasteiger partial charge in [-0.2, -0.15) is 0 Å². The summed E-state index contributed by atoms with van der Waals surface area (Å²) in [6.07, 6.45) is 8.04. The zero-order valence-electron chi connectivity index (χ0n) is 28.5. The molecular formula is C50H35N. The van der Waals surface area contributed by atoms with Crippen LogP contribution in [-0.2, 0) is 0 Å². The standard InChI is InChI=1S/C50H35N/c1-3-33-12-7-9-16-42(33)41(4-2)34-20-22-35(23-21-34)43-18-11-19-45-47-28-38-13-5-6-14-39(38)29-48(47)46(30-49(43)45)36-24-26-37(27-25-36)50-32-51-31-40-15-8-10-17-44(40)50/h3-32H,2H2,1H3/b33-3-,42-41+. The van der Waals surface area contributed by atoms with Gasteiger partial charge in [0.05, 0.1) is 0 Å². The van der Waals surface area contributed by atoms with E-state index in [4.69, 9.17) is 0 Å². The maximum absolute atomic E-state index is 4.55. The second kappa shape index (κ2) is 12.7.